The molecule has 0 saturated carbocycles. The second-order valence-corrected chi connectivity index (χ2v) is 8.30. The number of hydrogen-bond donors (Lipinski definition) is 2. The Morgan fingerprint density at radius 3 is 2.71 bits per heavy atom. The first-order valence-electron chi connectivity index (χ1n) is 10.2. The molecule has 1 fully saturated rings. The fourth-order valence-corrected chi connectivity index (χ4v) is 4.37. The lowest BCUT2D eigenvalue weighted by Gasteiger charge is -2.22. The van der Waals surface area contributed by atoms with Gasteiger partial charge < -0.3 is 15.0 Å². The summed E-state index contributed by atoms with van der Waals surface area (Å²) in [5.74, 6) is 2.66. The Morgan fingerprint density at radius 2 is 1.93 bits per heavy atom. The van der Waals surface area contributed by atoms with Gasteiger partial charge in [0.2, 0.25) is 0 Å². The number of aromatic amines is 1. The Labute approximate surface area is 171 Å². The maximum Gasteiger partial charge on any atom is 0.138 e. The SMILES string of the molecule is Cc1cc(OCCCC2CCNCC2)ccc1-c1nc2c(C)cc(Cl)cc2[nH]1. The summed E-state index contributed by atoms with van der Waals surface area (Å²) in [7, 11) is 0. The zero-order valence-corrected chi connectivity index (χ0v) is 17.4. The van der Waals surface area contributed by atoms with Crippen LogP contribution in [0.25, 0.3) is 22.4 Å². The van der Waals surface area contributed by atoms with Gasteiger partial charge in [-0.3, -0.25) is 0 Å². The van der Waals surface area contributed by atoms with Crippen molar-refractivity contribution in [3.8, 4) is 17.1 Å². The number of hydrogen-bond acceptors (Lipinski definition) is 3. The van der Waals surface area contributed by atoms with Gasteiger partial charge in [-0.15, -0.1) is 0 Å². The van der Waals surface area contributed by atoms with Crippen LogP contribution in [0.3, 0.4) is 0 Å². The summed E-state index contributed by atoms with van der Waals surface area (Å²) >= 11 is 6.17. The average molecular weight is 398 g/mol. The zero-order chi connectivity index (χ0) is 19.5. The molecule has 1 saturated heterocycles. The summed E-state index contributed by atoms with van der Waals surface area (Å²) in [6.45, 7) is 7.25. The Kier molecular flexibility index (Phi) is 5.88. The smallest absolute Gasteiger partial charge is 0.138 e. The summed E-state index contributed by atoms with van der Waals surface area (Å²) < 4.78 is 6.00. The molecule has 0 aliphatic carbocycles. The van der Waals surface area contributed by atoms with Crippen molar-refractivity contribution >= 4 is 22.6 Å². The molecule has 28 heavy (non-hydrogen) atoms. The van der Waals surface area contributed by atoms with Gasteiger partial charge in [-0.05, 0) is 100.0 Å². The van der Waals surface area contributed by atoms with Crippen molar-refractivity contribution in [3.63, 3.8) is 0 Å². The predicted octanol–water partition coefficient (Wildman–Crippen LogP) is 5.66. The minimum Gasteiger partial charge on any atom is -0.494 e. The first-order chi connectivity index (χ1) is 13.6. The van der Waals surface area contributed by atoms with E-state index in [4.69, 9.17) is 21.3 Å². The molecule has 2 heterocycles. The summed E-state index contributed by atoms with van der Waals surface area (Å²) in [5.41, 5.74) is 5.26. The molecular weight excluding hydrogens is 370 g/mol. The van der Waals surface area contributed by atoms with Gasteiger partial charge in [0, 0.05) is 10.6 Å². The number of rotatable bonds is 6. The number of nitrogens with zero attached hydrogens (tertiary/aromatic N) is 1. The van der Waals surface area contributed by atoms with Crippen LogP contribution >= 0.6 is 11.6 Å². The second-order valence-electron chi connectivity index (χ2n) is 7.87. The van der Waals surface area contributed by atoms with Crippen LogP contribution in [0.1, 0.15) is 36.8 Å². The van der Waals surface area contributed by atoms with E-state index in [-0.39, 0.29) is 0 Å². The molecule has 2 N–H and O–H groups in total. The molecule has 5 heteroatoms. The van der Waals surface area contributed by atoms with Gasteiger partial charge in [-0.2, -0.15) is 0 Å². The quantitative estimate of drug-likeness (QED) is 0.527. The molecule has 0 amide bonds. The molecule has 2 aromatic carbocycles. The number of benzene rings is 2. The fraction of sp³-hybridized carbons (Fsp3) is 0.435. The molecule has 148 valence electrons. The lowest BCUT2D eigenvalue weighted by atomic mass is 9.93. The van der Waals surface area contributed by atoms with E-state index in [1.807, 2.05) is 25.1 Å². The van der Waals surface area contributed by atoms with Crippen LogP contribution in [0.5, 0.6) is 5.75 Å². The number of fused-ring (bicyclic) bond motifs is 1. The van der Waals surface area contributed by atoms with Gasteiger partial charge in [0.25, 0.3) is 0 Å². The van der Waals surface area contributed by atoms with Gasteiger partial charge in [0.15, 0.2) is 0 Å². The third-order valence-electron chi connectivity index (χ3n) is 5.68. The van der Waals surface area contributed by atoms with E-state index in [1.54, 1.807) is 0 Å². The Bertz CT molecular complexity index is 960. The van der Waals surface area contributed by atoms with Crippen molar-refractivity contribution in [3.05, 3.63) is 46.5 Å². The maximum atomic E-state index is 6.17. The van der Waals surface area contributed by atoms with Gasteiger partial charge >= 0.3 is 0 Å². The van der Waals surface area contributed by atoms with Crippen LogP contribution in [0.4, 0.5) is 0 Å². The molecule has 1 aliphatic rings. The molecule has 4 rings (SSSR count). The molecular formula is C23H28ClN3O. The van der Waals surface area contributed by atoms with E-state index in [0.29, 0.717) is 0 Å². The third kappa shape index (κ3) is 4.34. The third-order valence-corrected chi connectivity index (χ3v) is 5.90. The van der Waals surface area contributed by atoms with Crippen molar-refractivity contribution in [2.24, 2.45) is 5.92 Å². The lowest BCUT2D eigenvalue weighted by molar-refractivity contribution is 0.274. The molecule has 0 atom stereocenters. The summed E-state index contributed by atoms with van der Waals surface area (Å²) in [6, 6.07) is 10.1. The van der Waals surface area contributed by atoms with Crippen molar-refractivity contribution in [2.75, 3.05) is 19.7 Å². The number of piperidine rings is 1. The lowest BCUT2D eigenvalue weighted by Crippen LogP contribution is -2.27. The number of H-pyrrole nitrogens is 1. The van der Waals surface area contributed by atoms with E-state index in [9.17, 15) is 0 Å². The standard InChI is InChI=1S/C23H28ClN3O/c1-15-13-19(28-11-3-4-17-7-9-25-10-8-17)5-6-20(15)23-26-21-14-18(24)12-16(2)22(21)27-23/h5-6,12-14,17,25H,3-4,7-11H2,1-2H3,(H,26,27). The predicted molar refractivity (Wildman–Crippen MR) is 116 cm³/mol. The second kappa shape index (κ2) is 8.54. The van der Waals surface area contributed by atoms with Gasteiger partial charge in [-0.25, -0.2) is 4.98 Å². The summed E-state index contributed by atoms with van der Waals surface area (Å²) in [5, 5.41) is 4.15. The first-order valence-corrected chi connectivity index (χ1v) is 10.6. The molecule has 4 nitrogen and oxygen atoms in total. The monoisotopic (exact) mass is 397 g/mol. The largest absolute Gasteiger partial charge is 0.494 e. The van der Waals surface area contributed by atoms with Crippen molar-refractivity contribution in [1.29, 1.82) is 0 Å². The molecule has 0 radical (unpaired) electrons. The summed E-state index contributed by atoms with van der Waals surface area (Å²) in [4.78, 5) is 8.18. The van der Waals surface area contributed by atoms with Crippen LogP contribution < -0.4 is 10.1 Å². The molecule has 0 spiro atoms. The fourth-order valence-electron chi connectivity index (χ4n) is 4.10. The minimum absolute atomic E-state index is 0.727. The average Bonchev–Trinajstić information content (AvgIpc) is 3.10. The minimum atomic E-state index is 0.727. The van der Waals surface area contributed by atoms with E-state index in [1.165, 1.54) is 32.4 Å². The highest BCUT2D eigenvalue weighted by Crippen LogP contribution is 2.29. The van der Waals surface area contributed by atoms with Gasteiger partial charge in [0.05, 0.1) is 17.6 Å². The molecule has 3 aromatic rings. The zero-order valence-electron chi connectivity index (χ0n) is 16.6. The van der Waals surface area contributed by atoms with E-state index < -0.39 is 0 Å². The van der Waals surface area contributed by atoms with Crippen molar-refractivity contribution in [1.82, 2.24) is 15.3 Å². The molecule has 0 bridgehead atoms. The van der Waals surface area contributed by atoms with E-state index >= 15 is 0 Å². The van der Waals surface area contributed by atoms with Crippen LogP contribution in [-0.4, -0.2) is 29.7 Å². The topological polar surface area (TPSA) is 49.9 Å². The van der Waals surface area contributed by atoms with Crippen LogP contribution in [-0.2, 0) is 0 Å². The summed E-state index contributed by atoms with van der Waals surface area (Å²) in [6.07, 6.45) is 4.99. The highest BCUT2D eigenvalue weighted by atomic mass is 35.5. The first kappa shape index (κ1) is 19.3. The van der Waals surface area contributed by atoms with Crippen LogP contribution in [0, 0.1) is 19.8 Å². The highest BCUT2D eigenvalue weighted by Gasteiger charge is 2.13. The number of halogens is 1. The molecule has 1 aliphatic heterocycles. The van der Waals surface area contributed by atoms with Gasteiger partial charge in [-0.1, -0.05) is 11.6 Å². The normalized spacial score (nSPS) is 15.2. The number of aryl methyl sites for hydroxylation is 2. The molecule has 0 unspecified atom stereocenters. The maximum absolute atomic E-state index is 6.17. The van der Waals surface area contributed by atoms with Gasteiger partial charge in [0.1, 0.15) is 11.6 Å². The Morgan fingerprint density at radius 1 is 1.11 bits per heavy atom. The Balaban J connectivity index is 1.41. The highest BCUT2D eigenvalue weighted by molar-refractivity contribution is 6.31. The van der Waals surface area contributed by atoms with Crippen LogP contribution in [0.15, 0.2) is 30.3 Å². The van der Waals surface area contributed by atoms with Crippen molar-refractivity contribution in [2.45, 2.75) is 39.5 Å². The number of aromatic nitrogens is 2. The number of nitrogens with one attached hydrogen (secondary N) is 2. The molecule has 1 aromatic heterocycles. The number of imidazole rings is 1. The van der Waals surface area contributed by atoms with Crippen molar-refractivity contribution < 1.29 is 4.74 Å². The van der Waals surface area contributed by atoms with Crippen LogP contribution in [0.2, 0.25) is 5.02 Å². The van der Waals surface area contributed by atoms with E-state index in [0.717, 1.165) is 63.3 Å². The number of ether oxygens (including phenoxy) is 1. The van der Waals surface area contributed by atoms with E-state index in [2.05, 4.69) is 29.4 Å². The Hall–Kier alpha value is -2.04.